The Kier molecular flexibility index (Phi) is 5.26. The highest BCUT2D eigenvalue weighted by atomic mass is 16.2. The molecule has 2 rings (SSSR count). The molecule has 0 bridgehead atoms. The Labute approximate surface area is 117 Å². The summed E-state index contributed by atoms with van der Waals surface area (Å²) in [6.45, 7) is 5.19. The molecule has 1 atom stereocenters. The third-order valence-electron chi connectivity index (χ3n) is 4.75. The van der Waals surface area contributed by atoms with Crippen LogP contribution in [0.1, 0.15) is 65.2 Å². The van der Waals surface area contributed by atoms with E-state index in [1.165, 1.54) is 44.9 Å². The van der Waals surface area contributed by atoms with Gasteiger partial charge < -0.3 is 10.6 Å². The lowest BCUT2D eigenvalue weighted by Crippen LogP contribution is -2.41. The standard InChI is InChI=1S/C16H30N2O/c1-12(2)15(17)10-16(19)18(14-8-9-14)11-13-6-4-3-5-7-13/h12-15H,3-11,17H2,1-2H3. The largest absolute Gasteiger partial charge is 0.339 e. The van der Waals surface area contributed by atoms with E-state index in [2.05, 4.69) is 18.7 Å². The van der Waals surface area contributed by atoms with Gasteiger partial charge in [0.25, 0.3) is 0 Å². The molecule has 3 heteroatoms. The molecule has 0 aromatic carbocycles. The molecule has 0 aromatic rings. The first-order valence-electron chi connectivity index (χ1n) is 8.13. The van der Waals surface area contributed by atoms with Crippen molar-refractivity contribution in [2.75, 3.05) is 6.54 Å². The molecule has 0 aliphatic heterocycles. The van der Waals surface area contributed by atoms with Crippen LogP contribution in [0.4, 0.5) is 0 Å². The highest BCUT2D eigenvalue weighted by Crippen LogP contribution is 2.32. The van der Waals surface area contributed by atoms with Crippen LogP contribution in [0.5, 0.6) is 0 Å². The Hall–Kier alpha value is -0.570. The molecule has 2 saturated carbocycles. The van der Waals surface area contributed by atoms with Gasteiger partial charge in [-0.25, -0.2) is 0 Å². The molecule has 2 aliphatic rings. The minimum absolute atomic E-state index is 0.0140. The van der Waals surface area contributed by atoms with Gasteiger partial charge in [0.2, 0.25) is 5.91 Å². The maximum atomic E-state index is 12.5. The van der Waals surface area contributed by atoms with Crippen LogP contribution >= 0.6 is 0 Å². The fourth-order valence-corrected chi connectivity index (χ4v) is 3.04. The van der Waals surface area contributed by atoms with Crippen molar-refractivity contribution >= 4 is 5.91 Å². The molecule has 0 radical (unpaired) electrons. The molecular formula is C16H30N2O. The summed E-state index contributed by atoms with van der Waals surface area (Å²) in [7, 11) is 0. The quantitative estimate of drug-likeness (QED) is 0.803. The summed E-state index contributed by atoms with van der Waals surface area (Å²) in [5.41, 5.74) is 6.06. The molecule has 0 heterocycles. The topological polar surface area (TPSA) is 46.3 Å². The molecule has 3 nitrogen and oxygen atoms in total. The molecule has 2 fully saturated rings. The van der Waals surface area contributed by atoms with Crippen LogP contribution in [0, 0.1) is 11.8 Å². The predicted molar refractivity (Wildman–Crippen MR) is 78.7 cm³/mol. The SMILES string of the molecule is CC(C)C(N)CC(=O)N(CC1CCCCC1)C1CC1. The van der Waals surface area contributed by atoms with Crippen molar-refractivity contribution in [1.82, 2.24) is 4.90 Å². The Balaban J connectivity index is 1.86. The predicted octanol–water partition coefficient (Wildman–Crippen LogP) is 2.93. The van der Waals surface area contributed by atoms with Crippen LogP contribution < -0.4 is 5.73 Å². The molecule has 19 heavy (non-hydrogen) atoms. The first-order valence-corrected chi connectivity index (χ1v) is 8.13. The highest BCUT2D eigenvalue weighted by Gasteiger charge is 2.34. The highest BCUT2D eigenvalue weighted by molar-refractivity contribution is 5.77. The molecule has 0 spiro atoms. The molecule has 0 saturated heterocycles. The average molecular weight is 266 g/mol. The van der Waals surface area contributed by atoms with Gasteiger partial charge in [-0.2, -0.15) is 0 Å². The smallest absolute Gasteiger partial charge is 0.224 e. The van der Waals surface area contributed by atoms with Crippen LogP contribution in [0.3, 0.4) is 0 Å². The Bertz CT molecular complexity index is 293. The molecule has 110 valence electrons. The zero-order valence-electron chi connectivity index (χ0n) is 12.6. The number of hydrogen-bond donors (Lipinski definition) is 1. The van der Waals surface area contributed by atoms with E-state index in [0.29, 0.717) is 24.3 Å². The summed E-state index contributed by atoms with van der Waals surface area (Å²) in [6, 6.07) is 0.550. The van der Waals surface area contributed by atoms with Crippen molar-refractivity contribution in [3.8, 4) is 0 Å². The first kappa shape index (κ1) is 14.8. The number of nitrogens with two attached hydrogens (primary N) is 1. The van der Waals surface area contributed by atoms with E-state index in [0.717, 1.165) is 12.5 Å². The van der Waals surface area contributed by atoms with Crippen LogP contribution in [-0.4, -0.2) is 29.4 Å². The molecule has 1 amide bonds. The summed E-state index contributed by atoms with van der Waals surface area (Å²) >= 11 is 0. The van der Waals surface area contributed by atoms with Gasteiger partial charge >= 0.3 is 0 Å². The van der Waals surface area contributed by atoms with E-state index in [4.69, 9.17) is 5.73 Å². The fourth-order valence-electron chi connectivity index (χ4n) is 3.04. The van der Waals surface area contributed by atoms with Crippen LogP contribution in [-0.2, 0) is 4.79 Å². The third kappa shape index (κ3) is 4.48. The maximum Gasteiger partial charge on any atom is 0.224 e. The van der Waals surface area contributed by atoms with Gasteiger partial charge in [0, 0.05) is 25.0 Å². The number of carbonyl (C=O) groups excluding carboxylic acids is 1. The summed E-state index contributed by atoms with van der Waals surface area (Å²) in [4.78, 5) is 14.6. The van der Waals surface area contributed by atoms with E-state index >= 15 is 0 Å². The van der Waals surface area contributed by atoms with Gasteiger partial charge in [-0.3, -0.25) is 4.79 Å². The second-order valence-electron chi connectivity index (χ2n) is 6.89. The summed E-state index contributed by atoms with van der Waals surface area (Å²) in [6.07, 6.45) is 9.64. The van der Waals surface area contributed by atoms with E-state index in [1.54, 1.807) is 0 Å². The Morgan fingerprint density at radius 2 is 1.79 bits per heavy atom. The summed E-state index contributed by atoms with van der Waals surface area (Å²) < 4.78 is 0. The van der Waals surface area contributed by atoms with Gasteiger partial charge in [0.05, 0.1) is 0 Å². The minimum Gasteiger partial charge on any atom is -0.339 e. The monoisotopic (exact) mass is 266 g/mol. The van der Waals surface area contributed by atoms with Crippen molar-refractivity contribution in [3.05, 3.63) is 0 Å². The van der Waals surface area contributed by atoms with Crippen molar-refractivity contribution < 1.29 is 4.79 Å². The van der Waals surface area contributed by atoms with Gasteiger partial charge in [0.15, 0.2) is 0 Å². The molecule has 0 aromatic heterocycles. The average Bonchev–Trinajstić information content (AvgIpc) is 3.21. The Morgan fingerprint density at radius 3 is 2.32 bits per heavy atom. The zero-order valence-corrected chi connectivity index (χ0v) is 12.6. The lowest BCUT2D eigenvalue weighted by atomic mass is 9.88. The normalized spacial score (nSPS) is 22.5. The van der Waals surface area contributed by atoms with Crippen molar-refractivity contribution in [1.29, 1.82) is 0 Å². The lowest BCUT2D eigenvalue weighted by Gasteiger charge is -2.31. The van der Waals surface area contributed by atoms with E-state index < -0.39 is 0 Å². The number of carbonyl (C=O) groups is 1. The number of hydrogen-bond acceptors (Lipinski definition) is 2. The molecule has 2 N–H and O–H groups in total. The second-order valence-corrected chi connectivity index (χ2v) is 6.89. The van der Waals surface area contributed by atoms with Crippen molar-refractivity contribution in [3.63, 3.8) is 0 Å². The second kappa shape index (κ2) is 6.74. The summed E-state index contributed by atoms with van der Waals surface area (Å²) in [5.74, 6) is 1.43. The van der Waals surface area contributed by atoms with E-state index in [9.17, 15) is 4.79 Å². The van der Waals surface area contributed by atoms with Gasteiger partial charge in [-0.15, -0.1) is 0 Å². The molecular weight excluding hydrogens is 236 g/mol. The van der Waals surface area contributed by atoms with Gasteiger partial charge in [0.1, 0.15) is 0 Å². The van der Waals surface area contributed by atoms with Gasteiger partial charge in [-0.05, 0) is 37.5 Å². The fraction of sp³-hybridized carbons (Fsp3) is 0.938. The molecule has 2 aliphatic carbocycles. The zero-order chi connectivity index (χ0) is 13.8. The lowest BCUT2D eigenvalue weighted by molar-refractivity contribution is -0.133. The van der Waals surface area contributed by atoms with E-state index in [-0.39, 0.29) is 6.04 Å². The summed E-state index contributed by atoms with van der Waals surface area (Å²) in [5, 5.41) is 0. The van der Waals surface area contributed by atoms with Crippen LogP contribution in [0.25, 0.3) is 0 Å². The van der Waals surface area contributed by atoms with Crippen LogP contribution in [0.2, 0.25) is 0 Å². The van der Waals surface area contributed by atoms with Crippen molar-refractivity contribution in [2.45, 2.75) is 77.3 Å². The maximum absolute atomic E-state index is 12.5. The van der Waals surface area contributed by atoms with Gasteiger partial charge in [-0.1, -0.05) is 33.1 Å². The minimum atomic E-state index is 0.0140. The Morgan fingerprint density at radius 1 is 1.16 bits per heavy atom. The first-order chi connectivity index (χ1) is 9.08. The number of amides is 1. The van der Waals surface area contributed by atoms with Crippen molar-refractivity contribution in [2.24, 2.45) is 17.6 Å². The number of rotatable bonds is 6. The third-order valence-corrected chi connectivity index (χ3v) is 4.75. The number of nitrogens with zero attached hydrogens (tertiary/aromatic N) is 1. The van der Waals surface area contributed by atoms with Crippen LogP contribution in [0.15, 0.2) is 0 Å². The van der Waals surface area contributed by atoms with E-state index in [1.807, 2.05) is 0 Å². The molecule has 1 unspecified atom stereocenters.